The number of methoxy groups -OCH3 is 1. The van der Waals surface area contributed by atoms with Crippen molar-refractivity contribution in [3.63, 3.8) is 0 Å². The SMILES string of the molecule is CN=Cc1c(N2CCC(NC3CC3)CC2)ccc(C(=O)Nc2cc3cc(C)nn3cc2OC)c1N.[HH].[HH]. The minimum Gasteiger partial charge on any atom is -0.493 e. The molecule has 3 heterocycles. The van der Waals surface area contributed by atoms with Crippen molar-refractivity contribution >= 4 is 34.7 Å². The van der Waals surface area contributed by atoms with Crippen LogP contribution in [0.2, 0.25) is 0 Å². The van der Waals surface area contributed by atoms with E-state index in [-0.39, 0.29) is 8.76 Å². The molecule has 1 aromatic carbocycles. The highest BCUT2D eigenvalue weighted by Crippen LogP contribution is 2.32. The largest absolute Gasteiger partial charge is 0.493 e. The highest BCUT2D eigenvalue weighted by Gasteiger charge is 2.28. The van der Waals surface area contributed by atoms with Crippen molar-refractivity contribution in [1.82, 2.24) is 14.9 Å². The summed E-state index contributed by atoms with van der Waals surface area (Å²) < 4.78 is 7.22. The van der Waals surface area contributed by atoms with E-state index in [1.165, 1.54) is 12.8 Å². The molecule has 2 aliphatic rings. The van der Waals surface area contributed by atoms with Crippen LogP contribution in [-0.4, -0.2) is 61.1 Å². The molecule has 0 atom stereocenters. The second-order valence-electron chi connectivity index (χ2n) is 9.41. The lowest BCUT2D eigenvalue weighted by Gasteiger charge is -2.35. The zero-order chi connectivity index (χ0) is 24.5. The Bertz CT molecular complexity index is 1280. The second-order valence-corrected chi connectivity index (χ2v) is 9.41. The summed E-state index contributed by atoms with van der Waals surface area (Å²) in [5.41, 5.74) is 11.5. The number of anilines is 3. The molecule has 1 saturated heterocycles. The number of benzene rings is 1. The van der Waals surface area contributed by atoms with E-state index in [2.05, 4.69) is 25.6 Å². The van der Waals surface area contributed by atoms with E-state index >= 15 is 0 Å². The Morgan fingerprint density at radius 1 is 1.23 bits per heavy atom. The Morgan fingerprint density at radius 2 is 1.97 bits per heavy atom. The fourth-order valence-electron chi connectivity index (χ4n) is 4.83. The predicted molar refractivity (Wildman–Crippen MR) is 144 cm³/mol. The number of nitrogen functional groups attached to an aromatic ring is 1. The molecule has 1 saturated carbocycles. The molecular formula is C26H37N7O2. The molecule has 9 heteroatoms. The Balaban J connectivity index is 0.00000190. The summed E-state index contributed by atoms with van der Waals surface area (Å²) in [7, 11) is 3.28. The van der Waals surface area contributed by atoms with Gasteiger partial charge in [-0.2, -0.15) is 5.10 Å². The summed E-state index contributed by atoms with van der Waals surface area (Å²) in [5.74, 6) is 0.216. The van der Waals surface area contributed by atoms with E-state index in [0.29, 0.717) is 28.7 Å². The van der Waals surface area contributed by atoms with Crippen molar-refractivity contribution in [3.05, 3.63) is 47.3 Å². The maximum Gasteiger partial charge on any atom is 0.257 e. The number of nitrogens with one attached hydrogen (secondary N) is 2. The third-order valence-corrected chi connectivity index (χ3v) is 6.80. The number of aliphatic imine (C=N–C) groups is 1. The molecule has 0 radical (unpaired) electrons. The monoisotopic (exact) mass is 479 g/mol. The normalized spacial score (nSPS) is 16.8. The van der Waals surface area contributed by atoms with E-state index < -0.39 is 0 Å². The number of pyridine rings is 1. The maximum absolute atomic E-state index is 13.3. The zero-order valence-electron chi connectivity index (χ0n) is 20.5. The molecule has 35 heavy (non-hydrogen) atoms. The smallest absolute Gasteiger partial charge is 0.257 e. The Hall–Kier alpha value is -3.59. The molecule has 1 aliphatic heterocycles. The first-order chi connectivity index (χ1) is 17.0. The van der Waals surface area contributed by atoms with Crippen molar-refractivity contribution in [2.24, 2.45) is 4.99 Å². The summed E-state index contributed by atoms with van der Waals surface area (Å²) in [5, 5.41) is 11.1. The third kappa shape index (κ3) is 4.81. The number of hydrogen-bond acceptors (Lipinski definition) is 7. The van der Waals surface area contributed by atoms with Gasteiger partial charge in [-0.15, -0.1) is 0 Å². The van der Waals surface area contributed by atoms with Gasteiger partial charge in [0.2, 0.25) is 0 Å². The summed E-state index contributed by atoms with van der Waals surface area (Å²) in [6.45, 7) is 3.81. The van der Waals surface area contributed by atoms with Gasteiger partial charge in [0.25, 0.3) is 5.91 Å². The van der Waals surface area contributed by atoms with E-state index in [0.717, 1.165) is 54.4 Å². The minimum absolute atomic E-state index is 0. The number of nitrogens with zero attached hydrogens (tertiary/aromatic N) is 4. The number of hydrogen-bond donors (Lipinski definition) is 3. The number of piperidine rings is 1. The number of rotatable bonds is 7. The molecular weight excluding hydrogens is 442 g/mol. The molecule has 4 N–H and O–H groups in total. The predicted octanol–water partition coefficient (Wildman–Crippen LogP) is 3.75. The Labute approximate surface area is 208 Å². The van der Waals surface area contributed by atoms with Crippen molar-refractivity contribution in [2.75, 3.05) is 43.2 Å². The van der Waals surface area contributed by atoms with E-state index in [9.17, 15) is 4.79 Å². The van der Waals surface area contributed by atoms with Gasteiger partial charge in [-0.25, -0.2) is 4.52 Å². The number of aromatic nitrogens is 2. The van der Waals surface area contributed by atoms with Crippen LogP contribution < -0.4 is 26.0 Å². The number of carbonyl (C=O) groups excluding carboxylic acids is 1. The molecule has 2 aromatic heterocycles. The number of carbonyl (C=O) groups is 1. The highest BCUT2D eigenvalue weighted by molar-refractivity contribution is 6.12. The van der Waals surface area contributed by atoms with E-state index in [1.54, 1.807) is 37.2 Å². The highest BCUT2D eigenvalue weighted by atomic mass is 16.5. The molecule has 0 spiro atoms. The van der Waals surface area contributed by atoms with Gasteiger partial charge in [-0.1, -0.05) is 0 Å². The van der Waals surface area contributed by atoms with Crippen LogP contribution in [0.25, 0.3) is 5.52 Å². The number of ether oxygens (including phenoxy) is 1. The van der Waals surface area contributed by atoms with Crippen LogP contribution in [0.5, 0.6) is 5.75 Å². The minimum atomic E-state index is -0.300. The van der Waals surface area contributed by atoms with Crippen LogP contribution in [0.1, 0.15) is 50.2 Å². The molecule has 0 unspecified atom stereocenters. The molecule has 1 amide bonds. The van der Waals surface area contributed by atoms with E-state index in [4.69, 9.17) is 10.5 Å². The summed E-state index contributed by atoms with van der Waals surface area (Å²) in [6.07, 6.45) is 8.30. The third-order valence-electron chi connectivity index (χ3n) is 6.80. The molecule has 0 bridgehead atoms. The molecule has 5 rings (SSSR count). The average molecular weight is 480 g/mol. The lowest BCUT2D eigenvalue weighted by Crippen LogP contribution is -2.43. The van der Waals surface area contributed by atoms with Crippen LogP contribution in [-0.2, 0) is 0 Å². The van der Waals surface area contributed by atoms with Gasteiger partial charge >= 0.3 is 0 Å². The summed E-state index contributed by atoms with van der Waals surface area (Å²) in [6, 6.07) is 8.87. The lowest BCUT2D eigenvalue weighted by molar-refractivity contribution is 0.102. The van der Waals surface area contributed by atoms with E-state index in [1.807, 2.05) is 25.1 Å². The van der Waals surface area contributed by atoms with Gasteiger partial charge in [0.1, 0.15) is 0 Å². The van der Waals surface area contributed by atoms with Crippen LogP contribution in [0.3, 0.4) is 0 Å². The summed E-state index contributed by atoms with van der Waals surface area (Å²) in [4.78, 5) is 19.9. The van der Waals surface area contributed by atoms with Crippen molar-refractivity contribution < 1.29 is 12.4 Å². The number of nitrogens with two attached hydrogens (primary N) is 1. The van der Waals surface area contributed by atoms with Gasteiger partial charge in [0.15, 0.2) is 5.75 Å². The van der Waals surface area contributed by atoms with Crippen molar-refractivity contribution in [1.29, 1.82) is 0 Å². The van der Waals surface area contributed by atoms with Gasteiger partial charge in [0.05, 0.1) is 41.5 Å². The first-order valence-corrected chi connectivity index (χ1v) is 12.2. The lowest BCUT2D eigenvalue weighted by atomic mass is 10.00. The van der Waals surface area contributed by atoms with Gasteiger partial charge < -0.3 is 26.0 Å². The van der Waals surface area contributed by atoms with Crippen LogP contribution >= 0.6 is 0 Å². The van der Waals surface area contributed by atoms with Gasteiger partial charge in [-0.05, 0) is 56.9 Å². The second kappa shape index (κ2) is 9.58. The van der Waals surface area contributed by atoms with Gasteiger partial charge in [-0.3, -0.25) is 9.79 Å². The molecule has 2 fully saturated rings. The quantitative estimate of drug-likeness (QED) is 0.352. The first kappa shape index (κ1) is 23.2. The van der Waals surface area contributed by atoms with Crippen LogP contribution in [0, 0.1) is 6.92 Å². The number of amides is 1. The molecule has 9 nitrogen and oxygen atoms in total. The van der Waals surface area contributed by atoms with Crippen molar-refractivity contribution in [2.45, 2.75) is 44.7 Å². The first-order valence-electron chi connectivity index (χ1n) is 12.2. The zero-order valence-corrected chi connectivity index (χ0v) is 20.5. The average Bonchev–Trinajstić information content (AvgIpc) is 3.59. The van der Waals surface area contributed by atoms with Crippen LogP contribution in [0.4, 0.5) is 17.1 Å². The Kier molecular flexibility index (Phi) is 6.34. The number of fused-ring (bicyclic) bond motifs is 1. The topological polar surface area (TPSA) is 109 Å². The summed E-state index contributed by atoms with van der Waals surface area (Å²) >= 11 is 0. The van der Waals surface area contributed by atoms with Gasteiger partial charge in [0, 0.05) is 52.5 Å². The van der Waals surface area contributed by atoms with Crippen LogP contribution in [0.15, 0.2) is 35.5 Å². The van der Waals surface area contributed by atoms with Crippen molar-refractivity contribution in [3.8, 4) is 5.75 Å². The molecule has 188 valence electrons. The number of aryl methyl sites for hydroxylation is 1. The fraction of sp³-hybridized carbons (Fsp3) is 0.423. The Morgan fingerprint density at radius 3 is 2.66 bits per heavy atom. The maximum atomic E-state index is 13.3. The standard InChI is InChI=1S/C26H33N7O2.2H2/c1-16-12-19-13-22(24(35-3)15-33(19)31-16)30-26(34)20-6-7-23(21(14-28-2)25(20)27)32-10-8-18(9-11-32)29-17-4-5-17;;/h6-7,12-15,17-18,29H,4-5,8-11,27H2,1-3H3,(H,30,34);2*1H. The molecule has 1 aliphatic carbocycles. The molecule has 3 aromatic rings. The fourth-order valence-corrected chi connectivity index (χ4v) is 4.83.